The van der Waals surface area contributed by atoms with Gasteiger partial charge in [0.05, 0.1) is 0 Å². The molecule has 1 aliphatic carbocycles. The lowest BCUT2D eigenvalue weighted by Gasteiger charge is -2.06. The summed E-state index contributed by atoms with van der Waals surface area (Å²) in [4.78, 5) is 3.07. The van der Waals surface area contributed by atoms with Gasteiger partial charge in [-0.2, -0.15) is 0 Å². The van der Waals surface area contributed by atoms with Crippen LogP contribution in [-0.4, -0.2) is 18.5 Å². The zero-order chi connectivity index (χ0) is 6.10. The fourth-order valence-electron chi connectivity index (χ4n) is 1.06. The van der Waals surface area contributed by atoms with Gasteiger partial charge >= 0.3 is 6.40 Å². The van der Waals surface area contributed by atoms with Crippen molar-refractivity contribution >= 4 is 6.40 Å². The highest BCUT2D eigenvalue weighted by molar-refractivity contribution is 5.42. The first kappa shape index (κ1) is 4.79. The van der Waals surface area contributed by atoms with Crippen LogP contribution < -0.4 is 4.99 Å². The number of hydrogen-bond donors (Lipinski definition) is 1. The molecular weight excluding hydrogens is 114 g/mol. The van der Waals surface area contributed by atoms with E-state index >= 15 is 0 Å². The maximum atomic E-state index is 5.18. The molecule has 1 heterocycles. The van der Waals surface area contributed by atoms with Crippen LogP contribution in [0.25, 0.3) is 0 Å². The largest absolute Gasteiger partial charge is 0.435 e. The quantitative estimate of drug-likeness (QED) is 0.437. The molecule has 9 heavy (non-hydrogen) atoms. The van der Waals surface area contributed by atoms with Gasteiger partial charge in [-0.1, -0.05) is 12.2 Å². The van der Waals surface area contributed by atoms with E-state index in [1.807, 2.05) is 18.2 Å². The summed E-state index contributed by atoms with van der Waals surface area (Å²) in [5.41, 5.74) is 0. The SMILES string of the molecule is C1=CC2[NH+]=COC2C=C1. The maximum Gasteiger partial charge on any atom is 0.323 e. The number of fused-ring (bicyclic) bond motifs is 1. The van der Waals surface area contributed by atoms with Crippen molar-refractivity contribution in [2.24, 2.45) is 0 Å². The number of allylic oxidation sites excluding steroid dienone is 2. The third-order valence-corrected chi connectivity index (χ3v) is 1.57. The van der Waals surface area contributed by atoms with Crippen LogP contribution in [0.5, 0.6) is 0 Å². The standard InChI is InChI=1S/C7H7NO/c1-2-4-7-6(3-1)8-5-9-7/h1-7H/p+1. The van der Waals surface area contributed by atoms with Gasteiger partial charge in [-0.25, -0.2) is 4.99 Å². The molecule has 46 valence electrons. The first-order valence-corrected chi connectivity index (χ1v) is 3.05. The van der Waals surface area contributed by atoms with E-state index < -0.39 is 0 Å². The second kappa shape index (κ2) is 1.72. The van der Waals surface area contributed by atoms with Crippen LogP contribution in [0.15, 0.2) is 24.3 Å². The zero-order valence-electron chi connectivity index (χ0n) is 4.95. The third-order valence-electron chi connectivity index (χ3n) is 1.57. The van der Waals surface area contributed by atoms with Crippen molar-refractivity contribution in [2.75, 3.05) is 0 Å². The van der Waals surface area contributed by atoms with Crippen LogP contribution in [0.4, 0.5) is 0 Å². The molecule has 1 aliphatic heterocycles. The van der Waals surface area contributed by atoms with Crippen LogP contribution in [0.1, 0.15) is 0 Å². The van der Waals surface area contributed by atoms with Gasteiger partial charge in [0.1, 0.15) is 0 Å². The molecule has 0 saturated carbocycles. The highest BCUT2D eigenvalue weighted by Crippen LogP contribution is 2.05. The highest BCUT2D eigenvalue weighted by atomic mass is 16.5. The molecule has 0 aromatic carbocycles. The molecule has 0 fully saturated rings. The Morgan fingerprint density at radius 1 is 1.22 bits per heavy atom. The van der Waals surface area contributed by atoms with Gasteiger partial charge in [-0.05, 0) is 12.2 Å². The third kappa shape index (κ3) is 0.669. The average Bonchev–Trinajstić information content (AvgIpc) is 2.33. The summed E-state index contributed by atoms with van der Waals surface area (Å²) >= 11 is 0. The second-order valence-electron chi connectivity index (χ2n) is 2.18. The molecule has 2 nitrogen and oxygen atoms in total. The zero-order valence-corrected chi connectivity index (χ0v) is 4.95. The van der Waals surface area contributed by atoms with Crippen LogP contribution >= 0.6 is 0 Å². The minimum atomic E-state index is 0.231. The van der Waals surface area contributed by atoms with E-state index in [4.69, 9.17) is 4.74 Å². The molecule has 2 unspecified atom stereocenters. The summed E-state index contributed by atoms with van der Waals surface area (Å²) in [6, 6.07) is 0.370. The minimum absolute atomic E-state index is 0.231. The lowest BCUT2D eigenvalue weighted by atomic mass is 10.1. The Labute approximate surface area is 53.5 Å². The number of rotatable bonds is 0. The van der Waals surface area contributed by atoms with Crippen molar-refractivity contribution in [1.29, 1.82) is 0 Å². The van der Waals surface area contributed by atoms with E-state index in [9.17, 15) is 0 Å². The van der Waals surface area contributed by atoms with Crippen molar-refractivity contribution < 1.29 is 9.73 Å². The summed E-state index contributed by atoms with van der Waals surface area (Å²) in [7, 11) is 0. The predicted molar refractivity (Wildman–Crippen MR) is 34.0 cm³/mol. The lowest BCUT2D eigenvalue weighted by Crippen LogP contribution is -2.74. The molecule has 0 spiro atoms. The monoisotopic (exact) mass is 122 g/mol. The summed E-state index contributed by atoms with van der Waals surface area (Å²) in [6.07, 6.45) is 10.0. The van der Waals surface area contributed by atoms with E-state index in [2.05, 4.69) is 11.1 Å². The number of ether oxygens (including phenoxy) is 1. The fourth-order valence-corrected chi connectivity index (χ4v) is 1.06. The van der Waals surface area contributed by atoms with Gasteiger partial charge in [0.25, 0.3) is 0 Å². The first-order chi connectivity index (χ1) is 4.47. The van der Waals surface area contributed by atoms with Crippen molar-refractivity contribution in [1.82, 2.24) is 0 Å². The first-order valence-electron chi connectivity index (χ1n) is 3.05. The predicted octanol–water partition coefficient (Wildman–Crippen LogP) is -1.01. The van der Waals surface area contributed by atoms with Gasteiger partial charge in [0.2, 0.25) is 6.04 Å². The second-order valence-corrected chi connectivity index (χ2v) is 2.18. The molecule has 2 heteroatoms. The topological polar surface area (TPSA) is 23.2 Å². The Morgan fingerprint density at radius 2 is 2.11 bits per heavy atom. The molecular formula is C7H8NO+. The summed E-state index contributed by atoms with van der Waals surface area (Å²) in [6.45, 7) is 0. The fraction of sp³-hybridized carbons (Fsp3) is 0.286. The van der Waals surface area contributed by atoms with E-state index in [1.54, 1.807) is 6.40 Å². The van der Waals surface area contributed by atoms with Crippen LogP contribution in [0, 0.1) is 0 Å². The van der Waals surface area contributed by atoms with Gasteiger partial charge < -0.3 is 4.74 Å². The summed E-state index contributed by atoms with van der Waals surface area (Å²) in [5, 5.41) is 0. The molecule has 0 aromatic rings. The van der Waals surface area contributed by atoms with Gasteiger partial charge in [0.15, 0.2) is 6.10 Å². The van der Waals surface area contributed by atoms with Gasteiger partial charge in [0, 0.05) is 0 Å². The molecule has 0 saturated heterocycles. The Hall–Kier alpha value is -1.05. The minimum Gasteiger partial charge on any atom is -0.435 e. The maximum absolute atomic E-state index is 5.18. The lowest BCUT2D eigenvalue weighted by molar-refractivity contribution is -0.475. The number of hydrogen-bond acceptors (Lipinski definition) is 1. The number of nitrogens with one attached hydrogen (secondary N) is 1. The van der Waals surface area contributed by atoms with Crippen LogP contribution in [0.3, 0.4) is 0 Å². The molecule has 2 aliphatic rings. The van der Waals surface area contributed by atoms with Crippen LogP contribution in [0.2, 0.25) is 0 Å². The summed E-state index contributed by atoms with van der Waals surface area (Å²) in [5.74, 6) is 0. The van der Waals surface area contributed by atoms with Crippen molar-refractivity contribution in [3.63, 3.8) is 0 Å². The van der Waals surface area contributed by atoms with E-state index in [-0.39, 0.29) is 6.10 Å². The Balaban J connectivity index is 2.25. The molecule has 2 rings (SSSR count). The molecule has 0 radical (unpaired) electrons. The molecule has 0 amide bonds. The molecule has 0 aromatic heterocycles. The Kier molecular flexibility index (Phi) is 0.918. The van der Waals surface area contributed by atoms with Gasteiger partial charge in [-0.15, -0.1) is 0 Å². The Bertz CT molecular complexity index is 193. The van der Waals surface area contributed by atoms with E-state index in [0.29, 0.717) is 6.04 Å². The average molecular weight is 122 g/mol. The van der Waals surface area contributed by atoms with Crippen molar-refractivity contribution in [3.8, 4) is 0 Å². The van der Waals surface area contributed by atoms with Gasteiger partial charge in [-0.3, -0.25) is 0 Å². The summed E-state index contributed by atoms with van der Waals surface area (Å²) < 4.78 is 5.18. The molecule has 0 bridgehead atoms. The highest BCUT2D eigenvalue weighted by Gasteiger charge is 2.27. The Morgan fingerprint density at radius 3 is 3.00 bits per heavy atom. The smallest absolute Gasteiger partial charge is 0.323 e. The molecule has 2 atom stereocenters. The normalized spacial score (nSPS) is 36.4. The van der Waals surface area contributed by atoms with Crippen LogP contribution in [-0.2, 0) is 4.74 Å². The van der Waals surface area contributed by atoms with Crippen molar-refractivity contribution in [2.45, 2.75) is 12.1 Å². The molecule has 1 N–H and O–H groups in total. The van der Waals surface area contributed by atoms with E-state index in [0.717, 1.165) is 0 Å². The van der Waals surface area contributed by atoms with E-state index in [1.165, 1.54) is 0 Å². The van der Waals surface area contributed by atoms with Crippen molar-refractivity contribution in [3.05, 3.63) is 24.3 Å².